The van der Waals surface area contributed by atoms with Gasteiger partial charge in [0.15, 0.2) is 0 Å². The van der Waals surface area contributed by atoms with Gasteiger partial charge < -0.3 is 20.0 Å². The molecule has 0 aliphatic carbocycles. The van der Waals surface area contributed by atoms with E-state index in [0.717, 1.165) is 11.3 Å². The zero-order valence-corrected chi connectivity index (χ0v) is 23.2. The first-order chi connectivity index (χ1) is 18.8. The summed E-state index contributed by atoms with van der Waals surface area (Å²) >= 11 is 12.3. The summed E-state index contributed by atoms with van der Waals surface area (Å²) in [4.78, 5) is 45.6. The Balaban J connectivity index is 1.32. The summed E-state index contributed by atoms with van der Waals surface area (Å²) in [5.74, 6) is -0.491. The highest BCUT2D eigenvalue weighted by atomic mass is 35.5. The maximum Gasteiger partial charge on any atom is 0.255 e. The second kappa shape index (κ2) is 11.3. The van der Waals surface area contributed by atoms with Gasteiger partial charge in [-0.1, -0.05) is 71.7 Å². The number of carbonyl (C=O) groups is 3. The minimum atomic E-state index is -0.840. The van der Waals surface area contributed by atoms with Gasteiger partial charge in [0.05, 0.1) is 23.3 Å². The monoisotopic (exact) mass is 564 g/mol. The molecule has 2 heterocycles. The lowest BCUT2D eigenvalue weighted by molar-refractivity contribution is -0.137. The minimum Gasteiger partial charge on any atom is -0.348 e. The molecule has 0 saturated carbocycles. The second-order valence-electron chi connectivity index (χ2n) is 10.1. The summed E-state index contributed by atoms with van der Waals surface area (Å²) < 4.78 is 0. The molecule has 2 fully saturated rings. The number of nitrogens with zero attached hydrogens (tertiary/aromatic N) is 3. The number of hydrogen-bond donors (Lipinski definition) is 1. The molecule has 1 atom stereocenters. The number of amides is 3. The zero-order chi connectivity index (χ0) is 27.6. The Kier molecular flexibility index (Phi) is 7.82. The van der Waals surface area contributed by atoms with Crippen molar-refractivity contribution in [2.75, 3.05) is 31.2 Å². The molecular formula is C30H30Cl2N4O3. The van der Waals surface area contributed by atoms with E-state index in [4.69, 9.17) is 23.2 Å². The fraction of sp³-hybridized carbons (Fsp3) is 0.300. The summed E-state index contributed by atoms with van der Waals surface area (Å²) in [7, 11) is 0. The molecule has 5 rings (SSSR count). The molecule has 0 bridgehead atoms. The summed E-state index contributed by atoms with van der Waals surface area (Å²) in [6.07, 6.45) is 0.881. The molecule has 3 amide bonds. The van der Waals surface area contributed by atoms with Crippen molar-refractivity contribution in [3.63, 3.8) is 0 Å². The standard InChI is InChI=1S/C30H30Cl2N4O3/c1-21(22-8-4-2-5-9-22)33-27(37)19-35-20-36(24-10-6-3-7-11-24)30(29(35)39)14-16-34(17-15-30)28(38)25-13-12-23(31)18-26(25)32/h2-13,18,21H,14-17,19-20H2,1H3,(H,33,37). The number of carbonyl (C=O) groups excluding carboxylic acids is 3. The summed E-state index contributed by atoms with van der Waals surface area (Å²) in [5, 5.41) is 3.78. The third kappa shape index (κ3) is 5.47. The van der Waals surface area contributed by atoms with Crippen LogP contribution >= 0.6 is 23.2 Å². The Hall–Kier alpha value is -3.55. The van der Waals surface area contributed by atoms with Crippen LogP contribution in [0.4, 0.5) is 5.69 Å². The highest BCUT2D eigenvalue weighted by molar-refractivity contribution is 6.36. The molecule has 1 spiro atoms. The van der Waals surface area contributed by atoms with Crippen molar-refractivity contribution < 1.29 is 14.4 Å². The smallest absolute Gasteiger partial charge is 0.255 e. The van der Waals surface area contributed by atoms with E-state index in [2.05, 4.69) is 10.2 Å². The molecule has 3 aromatic carbocycles. The molecule has 1 N–H and O–H groups in total. The predicted octanol–water partition coefficient (Wildman–Crippen LogP) is 5.15. The van der Waals surface area contributed by atoms with E-state index in [1.807, 2.05) is 67.6 Å². The second-order valence-corrected chi connectivity index (χ2v) is 10.9. The van der Waals surface area contributed by atoms with E-state index in [-0.39, 0.29) is 30.3 Å². The average Bonchev–Trinajstić information content (AvgIpc) is 3.20. The Morgan fingerprint density at radius 3 is 2.23 bits per heavy atom. The van der Waals surface area contributed by atoms with Gasteiger partial charge in [-0.3, -0.25) is 14.4 Å². The molecule has 202 valence electrons. The SMILES string of the molecule is CC(NC(=O)CN1CN(c2ccccc2)C2(CCN(C(=O)c3ccc(Cl)cc3Cl)CC2)C1=O)c1ccccc1. The van der Waals surface area contributed by atoms with Crippen molar-refractivity contribution in [2.24, 2.45) is 0 Å². The van der Waals surface area contributed by atoms with Gasteiger partial charge in [-0.25, -0.2) is 0 Å². The molecule has 2 aliphatic heterocycles. The molecule has 2 aliphatic rings. The first kappa shape index (κ1) is 27.0. The van der Waals surface area contributed by atoms with Crippen LogP contribution in [0.1, 0.15) is 41.7 Å². The first-order valence-electron chi connectivity index (χ1n) is 13.0. The van der Waals surface area contributed by atoms with E-state index in [1.54, 1.807) is 28.0 Å². The number of piperidine rings is 1. The van der Waals surface area contributed by atoms with Crippen LogP contribution in [0, 0.1) is 0 Å². The van der Waals surface area contributed by atoms with E-state index < -0.39 is 5.54 Å². The third-order valence-corrected chi connectivity index (χ3v) is 8.18. The van der Waals surface area contributed by atoms with Gasteiger partial charge in [0.1, 0.15) is 12.1 Å². The van der Waals surface area contributed by atoms with Crippen LogP contribution in [0.5, 0.6) is 0 Å². The van der Waals surface area contributed by atoms with Crippen molar-refractivity contribution in [3.8, 4) is 0 Å². The lowest BCUT2D eigenvalue weighted by Crippen LogP contribution is -2.57. The molecule has 1 unspecified atom stereocenters. The van der Waals surface area contributed by atoms with Crippen LogP contribution in [-0.2, 0) is 9.59 Å². The van der Waals surface area contributed by atoms with Gasteiger partial charge in [0, 0.05) is 23.8 Å². The largest absolute Gasteiger partial charge is 0.348 e. The number of likely N-dealkylation sites (tertiary alicyclic amines) is 1. The van der Waals surface area contributed by atoms with Gasteiger partial charge in [-0.2, -0.15) is 0 Å². The summed E-state index contributed by atoms with van der Waals surface area (Å²) in [6.45, 7) is 2.96. The molecule has 9 heteroatoms. The van der Waals surface area contributed by atoms with Gasteiger partial charge in [-0.05, 0) is 55.7 Å². The molecular weight excluding hydrogens is 535 g/mol. The fourth-order valence-electron chi connectivity index (χ4n) is 5.52. The minimum absolute atomic E-state index is 0.0376. The van der Waals surface area contributed by atoms with Gasteiger partial charge in [0.25, 0.3) is 11.8 Å². The number of hydrogen-bond acceptors (Lipinski definition) is 4. The third-order valence-electron chi connectivity index (χ3n) is 7.63. The van der Waals surface area contributed by atoms with Gasteiger partial charge in [0.2, 0.25) is 5.91 Å². The van der Waals surface area contributed by atoms with E-state index in [9.17, 15) is 14.4 Å². The number of anilines is 1. The van der Waals surface area contributed by atoms with Gasteiger partial charge >= 0.3 is 0 Å². The van der Waals surface area contributed by atoms with Gasteiger partial charge in [-0.15, -0.1) is 0 Å². The van der Waals surface area contributed by atoms with Crippen LogP contribution in [0.2, 0.25) is 10.0 Å². The lowest BCUT2D eigenvalue weighted by atomic mass is 9.85. The maximum absolute atomic E-state index is 14.0. The maximum atomic E-state index is 14.0. The zero-order valence-electron chi connectivity index (χ0n) is 21.6. The van der Waals surface area contributed by atoms with Crippen molar-refractivity contribution in [2.45, 2.75) is 31.3 Å². The van der Waals surface area contributed by atoms with E-state index >= 15 is 0 Å². The van der Waals surface area contributed by atoms with Crippen molar-refractivity contribution in [1.82, 2.24) is 15.1 Å². The van der Waals surface area contributed by atoms with Crippen LogP contribution in [0.25, 0.3) is 0 Å². The predicted molar refractivity (Wildman–Crippen MR) is 153 cm³/mol. The average molecular weight is 566 g/mol. The normalized spacial score (nSPS) is 17.4. The first-order valence-corrected chi connectivity index (χ1v) is 13.7. The highest BCUT2D eigenvalue weighted by Gasteiger charge is 2.54. The fourth-order valence-corrected chi connectivity index (χ4v) is 6.01. The van der Waals surface area contributed by atoms with Crippen LogP contribution < -0.4 is 10.2 Å². The highest BCUT2D eigenvalue weighted by Crippen LogP contribution is 2.40. The van der Waals surface area contributed by atoms with Crippen LogP contribution in [-0.4, -0.2) is 59.4 Å². The Bertz CT molecular complexity index is 1360. The molecule has 3 aromatic rings. The number of para-hydroxylation sites is 1. The van der Waals surface area contributed by atoms with Crippen molar-refractivity contribution in [3.05, 3.63) is 100 Å². The van der Waals surface area contributed by atoms with Crippen LogP contribution in [0.3, 0.4) is 0 Å². The summed E-state index contributed by atoms with van der Waals surface area (Å²) in [6, 6.07) is 24.1. The number of rotatable bonds is 6. The number of benzene rings is 3. The molecule has 2 saturated heterocycles. The Labute approximate surface area is 238 Å². The number of halogens is 2. The Morgan fingerprint density at radius 1 is 0.949 bits per heavy atom. The lowest BCUT2D eigenvalue weighted by Gasteiger charge is -2.43. The van der Waals surface area contributed by atoms with E-state index in [1.165, 1.54) is 0 Å². The quantitative estimate of drug-likeness (QED) is 0.449. The topological polar surface area (TPSA) is 73.0 Å². The number of nitrogens with one attached hydrogen (secondary N) is 1. The molecule has 0 aromatic heterocycles. The van der Waals surface area contributed by atoms with Crippen molar-refractivity contribution >= 4 is 46.6 Å². The molecule has 7 nitrogen and oxygen atoms in total. The summed E-state index contributed by atoms with van der Waals surface area (Å²) in [5.41, 5.74) is 1.46. The van der Waals surface area contributed by atoms with E-state index in [0.29, 0.717) is 48.2 Å². The molecule has 0 radical (unpaired) electrons. The van der Waals surface area contributed by atoms with Crippen LogP contribution in [0.15, 0.2) is 78.9 Å². The Morgan fingerprint density at radius 2 is 1.59 bits per heavy atom. The molecule has 39 heavy (non-hydrogen) atoms. The van der Waals surface area contributed by atoms with Crippen molar-refractivity contribution in [1.29, 1.82) is 0 Å².